The molecular formula is C24H24N4O5. The first-order valence-electron chi connectivity index (χ1n) is 11.0. The number of piperidine rings is 1. The van der Waals surface area contributed by atoms with E-state index in [9.17, 15) is 19.2 Å². The van der Waals surface area contributed by atoms with Crippen LogP contribution in [0.5, 0.6) is 0 Å². The zero-order chi connectivity index (χ0) is 23.1. The van der Waals surface area contributed by atoms with E-state index in [2.05, 4.69) is 23.2 Å². The summed E-state index contributed by atoms with van der Waals surface area (Å²) >= 11 is 0. The number of benzene rings is 1. The van der Waals surface area contributed by atoms with Gasteiger partial charge in [0.2, 0.25) is 11.8 Å². The second-order valence-electron chi connectivity index (χ2n) is 8.60. The number of aromatic nitrogens is 1. The highest BCUT2D eigenvalue weighted by molar-refractivity contribution is 6.05. The van der Waals surface area contributed by atoms with Crippen molar-refractivity contribution in [3.8, 4) is 11.3 Å². The number of anilines is 1. The number of carbonyl (C=O) groups is 4. The first-order valence-corrected chi connectivity index (χ1v) is 11.0. The summed E-state index contributed by atoms with van der Waals surface area (Å²) in [6.45, 7) is 4.57. The van der Waals surface area contributed by atoms with E-state index in [-0.39, 0.29) is 18.2 Å². The summed E-state index contributed by atoms with van der Waals surface area (Å²) in [7, 11) is 0. The van der Waals surface area contributed by atoms with Crippen LogP contribution in [0.2, 0.25) is 0 Å². The number of pyridine rings is 1. The lowest BCUT2D eigenvalue weighted by atomic mass is 10.0. The molecule has 9 heteroatoms. The predicted octanol–water partition coefficient (Wildman–Crippen LogP) is 1.35. The SMILES string of the molecule is Cc1cc(-c2ccc3c(c2)CN(C2CCC(=O)NC2=O)C3=O)nc2c1CCN2CCOC=O. The zero-order valence-electron chi connectivity index (χ0n) is 18.3. The van der Waals surface area contributed by atoms with Gasteiger partial charge in [-0.3, -0.25) is 24.5 Å². The lowest BCUT2D eigenvalue weighted by Crippen LogP contribution is -2.52. The molecule has 3 aliphatic rings. The van der Waals surface area contributed by atoms with Gasteiger partial charge in [-0.05, 0) is 54.7 Å². The lowest BCUT2D eigenvalue weighted by molar-refractivity contribution is -0.137. The van der Waals surface area contributed by atoms with Crippen LogP contribution < -0.4 is 10.2 Å². The number of rotatable bonds is 6. The molecule has 0 aliphatic carbocycles. The molecular weight excluding hydrogens is 424 g/mol. The van der Waals surface area contributed by atoms with E-state index in [1.165, 1.54) is 5.56 Å². The number of nitrogens with zero attached hydrogens (tertiary/aromatic N) is 3. The Labute approximate surface area is 190 Å². The smallest absolute Gasteiger partial charge is 0.293 e. The van der Waals surface area contributed by atoms with Gasteiger partial charge in [-0.2, -0.15) is 0 Å². The Morgan fingerprint density at radius 1 is 1.21 bits per heavy atom. The van der Waals surface area contributed by atoms with Gasteiger partial charge in [-0.1, -0.05) is 6.07 Å². The van der Waals surface area contributed by atoms with Crippen LogP contribution in [-0.4, -0.2) is 59.8 Å². The van der Waals surface area contributed by atoms with Gasteiger partial charge in [0.25, 0.3) is 12.4 Å². The number of hydrogen-bond acceptors (Lipinski definition) is 7. The Morgan fingerprint density at radius 3 is 2.85 bits per heavy atom. The maximum Gasteiger partial charge on any atom is 0.293 e. The molecule has 3 amide bonds. The van der Waals surface area contributed by atoms with E-state index in [4.69, 9.17) is 9.72 Å². The van der Waals surface area contributed by atoms with Crippen molar-refractivity contribution in [3.63, 3.8) is 0 Å². The number of nitrogens with one attached hydrogen (secondary N) is 1. The largest absolute Gasteiger partial charge is 0.466 e. The molecule has 0 bridgehead atoms. The van der Waals surface area contributed by atoms with Gasteiger partial charge in [-0.25, -0.2) is 4.98 Å². The van der Waals surface area contributed by atoms with Crippen LogP contribution in [0, 0.1) is 6.92 Å². The molecule has 1 saturated heterocycles. The molecule has 1 fully saturated rings. The summed E-state index contributed by atoms with van der Waals surface area (Å²) in [6, 6.07) is 7.06. The minimum Gasteiger partial charge on any atom is -0.466 e. The van der Waals surface area contributed by atoms with Gasteiger partial charge in [0.1, 0.15) is 18.5 Å². The summed E-state index contributed by atoms with van der Waals surface area (Å²) in [5.74, 6) is 0.00134. The minimum absolute atomic E-state index is 0.189. The van der Waals surface area contributed by atoms with Crippen LogP contribution in [0.15, 0.2) is 24.3 Å². The molecule has 1 aromatic carbocycles. The standard InChI is InChI=1S/C24H24N4O5/c1-14-10-19(25-22-17(14)6-7-27(22)8-9-33-13-29)15-2-3-18-16(11-15)12-28(24(18)32)20-4-5-21(30)26-23(20)31/h2-3,10-11,13,20H,4-9,12H2,1H3,(H,26,30,31). The third-order valence-electron chi connectivity index (χ3n) is 6.62. The molecule has 2 aromatic rings. The van der Waals surface area contributed by atoms with Gasteiger partial charge in [0.05, 0.1) is 12.2 Å². The Morgan fingerprint density at radius 2 is 2.06 bits per heavy atom. The van der Waals surface area contributed by atoms with Crippen LogP contribution in [-0.2, 0) is 32.1 Å². The average molecular weight is 448 g/mol. The predicted molar refractivity (Wildman–Crippen MR) is 118 cm³/mol. The van der Waals surface area contributed by atoms with Crippen molar-refractivity contribution >= 4 is 30.0 Å². The van der Waals surface area contributed by atoms with E-state index in [0.29, 0.717) is 38.2 Å². The summed E-state index contributed by atoms with van der Waals surface area (Å²) < 4.78 is 4.86. The van der Waals surface area contributed by atoms with Gasteiger partial charge in [-0.15, -0.1) is 0 Å². The monoisotopic (exact) mass is 448 g/mol. The van der Waals surface area contributed by atoms with Crippen molar-refractivity contribution in [1.82, 2.24) is 15.2 Å². The number of aryl methyl sites for hydroxylation is 1. The molecule has 0 saturated carbocycles. The second-order valence-corrected chi connectivity index (χ2v) is 8.60. The maximum absolute atomic E-state index is 12.9. The third-order valence-corrected chi connectivity index (χ3v) is 6.62. The van der Waals surface area contributed by atoms with E-state index < -0.39 is 11.9 Å². The molecule has 4 heterocycles. The van der Waals surface area contributed by atoms with E-state index in [1.807, 2.05) is 12.1 Å². The Hall–Kier alpha value is -3.75. The van der Waals surface area contributed by atoms with Gasteiger partial charge < -0.3 is 14.5 Å². The van der Waals surface area contributed by atoms with Crippen molar-refractivity contribution in [3.05, 3.63) is 46.5 Å². The van der Waals surface area contributed by atoms with Gasteiger partial charge in [0, 0.05) is 30.6 Å². The molecule has 170 valence electrons. The number of hydrogen-bond donors (Lipinski definition) is 1. The van der Waals surface area contributed by atoms with Crippen molar-refractivity contribution in [2.75, 3.05) is 24.6 Å². The quantitative estimate of drug-likeness (QED) is 0.404. The van der Waals surface area contributed by atoms with Crippen LogP contribution in [0.3, 0.4) is 0 Å². The number of imide groups is 1. The minimum atomic E-state index is -0.631. The van der Waals surface area contributed by atoms with Crippen molar-refractivity contribution in [2.24, 2.45) is 0 Å². The molecule has 33 heavy (non-hydrogen) atoms. The highest BCUT2D eigenvalue weighted by Gasteiger charge is 2.39. The molecule has 1 N–H and O–H groups in total. The molecule has 1 aromatic heterocycles. The molecule has 0 radical (unpaired) electrons. The Bertz CT molecular complexity index is 1180. The second kappa shape index (κ2) is 8.31. The summed E-state index contributed by atoms with van der Waals surface area (Å²) in [4.78, 5) is 55.7. The summed E-state index contributed by atoms with van der Waals surface area (Å²) in [6.07, 6.45) is 1.47. The number of carbonyl (C=O) groups excluding carboxylic acids is 4. The van der Waals surface area contributed by atoms with Crippen LogP contribution in [0.1, 0.15) is 39.9 Å². The summed E-state index contributed by atoms with van der Waals surface area (Å²) in [5, 5.41) is 2.33. The molecule has 1 atom stereocenters. The summed E-state index contributed by atoms with van der Waals surface area (Å²) in [5.41, 5.74) is 5.48. The van der Waals surface area contributed by atoms with E-state index in [0.717, 1.165) is 41.2 Å². The van der Waals surface area contributed by atoms with Crippen LogP contribution >= 0.6 is 0 Å². The molecule has 0 spiro atoms. The lowest BCUT2D eigenvalue weighted by Gasteiger charge is -2.29. The Kier molecular flexibility index (Phi) is 5.32. The van der Waals surface area contributed by atoms with Crippen molar-refractivity contribution in [2.45, 2.75) is 38.8 Å². The Balaban J connectivity index is 1.41. The zero-order valence-corrected chi connectivity index (χ0v) is 18.3. The average Bonchev–Trinajstić information content (AvgIpc) is 3.35. The molecule has 5 rings (SSSR count). The van der Waals surface area contributed by atoms with Crippen molar-refractivity contribution < 1.29 is 23.9 Å². The van der Waals surface area contributed by atoms with Crippen LogP contribution in [0.4, 0.5) is 5.82 Å². The van der Waals surface area contributed by atoms with E-state index >= 15 is 0 Å². The number of fused-ring (bicyclic) bond motifs is 2. The van der Waals surface area contributed by atoms with Gasteiger partial charge in [0.15, 0.2) is 0 Å². The normalized spacial score (nSPS) is 19.4. The number of ether oxygens (including phenoxy) is 1. The van der Waals surface area contributed by atoms with Crippen molar-refractivity contribution in [1.29, 1.82) is 0 Å². The fourth-order valence-corrected chi connectivity index (χ4v) is 4.92. The molecule has 9 nitrogen and oxygen atoms in total. The fraction of sp³-hybridized carbons (Fsp3) is 0.375. The third kappa shape index (κ3) is 3.73. The molecule has 3 aliphatic heterocycles. The highest BCUT2D eigenvalue weighted by Crippen LogP contribution is 2.35. The fourth-order valence-electron chi connectivity index (χ4n) is 4.92. The first-order chi connectivity index (χ1) is 16.0. The maximum atomic E-state index is 12.9. The highest BCUT2D eigenvalue weighted by atomic mass is 16.5. The topological polar surface area (TPSA) is 109 Å². The first kappa shape index (κ1) is 21.1. The molecule has 1 unspecified atom stereocenters. The van der Waals surface area contributed by atoms with Crippen LogP contribution in [0.25, 0.3) is 11.3 Å². The van der Waals surface area contributed by atoms with E-state index in [1.54, 1.807) is 11.0 Å². The number of amides is 3. The van der Waals surface area contributed by atoms with Gasteiger partial charge >= 0.3 is 0 Å².